The number of rotatable bonds is 3. The molecule has 29 heavy (non-hydrogen) atoms. The standard InChI is InChI=1S/C26H32N2O/c1-15(2)21-13-10-16(3)22-24(21)27-28(25(22)18-8-6-5-7-9-18)26(29)23-17(4)19-11-12-20(23)14-19/h5-9,11-12,15-17,19-21,23H,10,13-14H2,1-4H3/t16-,17-,19+,20-,21+,23+/m1/s1. The van der Waals surface area contributed by atoms with Crippen LogP contribution in [0.25, 0.3) is 11.3 Å². The van der Waals surface area contributed by atoms with Crippen molar-refractivity contribution in [2.24, 2.45) is 29.6 Å². The summed E-state index contributed by atoms with van der Waals surface area (Å²) < 4.78 is 1.83. The van der Waals surface area contributed by atoms with Crippen LogP contribution in [-0.4, -0.2) is 15.7 Å². The molecule has 3 nitrogen and oxygen atoms in total. The Morgan fingerprint density at radius 1 is 1.07 bits per heavy atom. The van der Waals surface area contributed by atoms with Crippen molar-refractivity contribution < 1.29 is 4.79 Å². The fourth-order valence-corrected chi connectivity index (χ4v) is 6.22. The zero-order valence-corrected chi connectivity index (χ0v) is 18.0. The Balaban J connectivity index is 1.68. The van der Waals surface area contributed by atoms with E-state index in [9.17, 15) is 4.79 Å². The Hall–Kier alpha value is -2.16. The molecule has 2 bridgehead atoms. The van der Waals surface area contributed by atoms with E-state index in [4.69, 9.17) is 5.10 Å². The predicted octanol–water partition coefficient (Wildman–Crippen LogP) is 6.29. The summed E-state index contributed by atoms with van der Waals surface area (Å²) in [4.78, 5) is 13.9. The minimum atomic E-state index is 0.0571. The van der Waals surface area contributed by atoms with Gasteiger partial charge in [0.1, 0.15) is 0 Å². The van der Waals surface area contributed by atoms with Gasteiger partial charge in [0.05, 0.1) is 11.4 Å². The molecule has 0 amide bonds. The highest BCUT2D eigenvalue weighted by Gasteiger charge is 2.47. The van der Waals surface area contributed by atoms with Crippen LogP contribution in [-0.2, 0) is 0 Å². The Bertz CT molecular complexity index is 955. The highest BCUT2D eigenvalue weighted by atomic mass is 16.2. The normalized spacial score (nSPS) is 32.7. The van der Waals surface area contributed by atoms with Crippen LogP contribution in [0.1, 0.15) is 74.8 Å². The zero-order chi connectivity index (χ0) is 20.3. The summed E-state index contributed by atoms with van der Waals surface area (Å²) in [7, 11) is 0. The van der Waals surface area contributed by atoms with Crippen molar-refractivity contribution in [3.63, 3.8) is 0 Å². The maximum atomic E-state index is 13.9. The molecule has 6 atom stereocenters. The number of nitrogens with zero attached hydrogens (tertiary/aromatic N) is 2. The summed E-state index contributed by atoms with van der Waals surface area (Å²) in [6.07, 6.45) is 8.06. The molecule has 3 aliphatic carbocycles. The van der Waals surface area contributed by atoms with Gasteiger partial charge in [0, 0.05) is 23.0 Å². The number of hydrogen-bond donors (Lipinski definition) is 0. The van der Waals surface area contributed by atoms with Gasteiger partial charge in [0.2, 0.25) is 0 Å². The predicted molar refractivity (Wildman–Crippen MR) is 117 cm³/mol. The van der Waals surface area contributed by atoms with Crippen molar-refractivity contribution in [1.29, 1.82) is 0 Å². The topological polar surface area (TPSA) is 34.9 Å². The fraction of sp³-hybridized carbons (Fsp3) is 0.538. The minimum absolute atomic E-state index is 0.0571. The summed E-state index contributed by atoms with van der Waals surface area (Å²) in [6, 6.07) is 10.5. The van der Waals surface area contributed by atoms with E-state index in [-0.39, 0.29) is 11.8 Å². The SMILES string of the molecule is CC(C)[C@@H]1CC[C@@H](C)c2c1nn(C(=O)[C@H]1[C@H](C)[C@H]3C=C[C@@H]1C3)c2-c1ccccc1. The molecule has 0 saturated heterocycles. The molecule has 1 saturated carbocycles. The van der Waals surface area contributed by atoms with E-state index < -0.39 is 0 Å². The molecule has 1 aromatic carbocycles. The second-order valence-corrected chi connectivity index (χ2v) is 9.93. The lowest BCUT2D eigenvalue weighted by Gasteiger charge is -2.29. The van der Waals surface area contributed by atoms with E-state index in [2.05, 4.69) is 64.1 Å². The molecule has 0 N–H and O–H groups in total. The van der Waals surface area contributed by atoms with Gasteiger partial charge >= 0.3 is 0 Å². The van der Waals surface area contributed by atoms with Crippen LogP contribution in [0.4, 0.5) is 0 Å². The third-order valence-corrected chi connectivity index (χ3v) is 7.90. The molecule has 2 aromatic rings. The number of aromatic nitrogens is 2. The van der Waals surface area contributed by atoms with E-state index in [0.29, 0.717) is 35.5 Å². The van der Waals surface area contributed by atoms with Crippen LogP contribution in [0.5, 0.6) is 0 Å². The second kappa shape index (κ2) is 6.97. The Labute approximate surface area is 174 Å². The third kappa shape index (κ3) is 2.85. The highest BCUT2D eigenvalue weighted by molar-refractivity contribution is 5.88. The van der Waals surface area contributed by atoms with Gasteiger partial charge in [-0.25, -0.2) is 0 Å². The van der Waals surface area contributed by atoms with Crippen LogP contribution in [0.3, 0.4) is 0 Å². The number of benzene rings is 1. The van der Waals surface area contributed by atoms with Crippen LogP contribution >= 0.6 is 0 Å². The smallest absolute Gasteiger partial charge is 0.251 e. The van der Waals surface area contributed by atoms with Crippen LogP contribution < -0.4 is 0 Å². The van der Waals surface area contributed by atoms with Gasteiger partial charge in [-0.3, -0.25) is 4.79 Å². The van der Waals surface area contributed by atoms with Crippen molar-refractivity contribution >= 4 is 5.91 Å². The molecule has 3 heteroatoms. The van der Waals surface area contributed by atoms with E-state index in [1.54, 1.807) is 0 Å². The molecule has 152 valence electrons. The number of carbonyl (C=O) groups is 1. The average molecular weight is 389 g/mol. The van der Waals surface area contributed by atoms with Gasteiger partial charge in [0.15, 0.2) is 0 Å². The zero-order valence-electron chi connectivity index (χ0n) is 18.0. The molecule has 0 spiro atoms. The Morgan fingerprint density at radius 3 is 2.45 bits per heavy atom. The van der Waals surface area contributed by atoms with Gasteiger partial charge < -0.3 is 0 Å². The molecular formula is C26H32N2O. The molecule has 0 unspecified atom stereocenters. The van der Waals surface area contributed by atoms with E-state index in [1.165, 1.54) is 24.1 Å². The molecule has 3 aliphatic rings. The van der Waals surface area contributed by atoms with Crippen molar-refractivity contribution in [3.8, 4) is 11.3 Å². The van der Waals surface area contributed by atoms with Crippen molar-refractivity contribution in [2.75, 3.05) is 0 Å². The van der Waals surface area contributed by atoms with Crippen molar-refractivity contribution in [3.05, 3.63) is 53.7 Å². The minimum Gasteiger partial charge on any atom is -0.272 e. The summed E-state index contributed by atoms with van der Waals surface area (Å²) in [5.74, 6) is 3.02. The number of allylic oxidation sites excluding steroid dienone is 2. The van der Waals surface area contributed by atoms with E-state index in [1.807, 2.05) is 10.7 Å². The van der Waals surface area contributed by atoms with Gasteiger partial charge in [-0.05, 0) is 48.9 Å². The fourth-order valence-electron chi connectivity index (χ4n) is 6.22. The molecule has 1 heterocycles. The lowest BCUT2D eigenvalue weighted by Crippen LogP contribution is -2.31. The van der Waals surface area contributed by atoms with E-state index >= 15 is 0 Å². The molecule has 1 fully saturated rings. The number of carbonyl (C=O) groups excluding carboxylic acids is 1. The highest BCUT2D eigenvalue weighted by Crippen LogP contribution is 2.50. The molecule has 1 aromatic heterocycles. The first-order valence-electron chi connectivity index (χ1n) is 11.4. The van der Waals surface area contributed by atoms with Crippen LogP contribution in [0.15, 0.2) is 42.5 Å². The van der Waals surface area contributed by atoms with Gasteiger partial charge in [-0.2, -0.15) is 9.78 Å². The van der Waals surface area contributed by atoms with Crippen LogP contribution in [0.2, 0.25) is 0 Å². The Morgan fingerprint density at radius 2 is 1.79 bits per heavy atom. The van der Waals surface area contributed by atoms with Gasteiger partial charge in [0.25, 0.3) is 5.91 Å². The van der Waals surface area contributed by atoms with Crippen LogP contribution in [0, 0.1) is 29.6 Å². The first-order valence-corrected chi connectivity index (χ1v) is 11.4. The van der Waals surface area contributed by atoms with Gasteiger partial charge in [-0.1, -0.05) is 70.2 Å². The van der Waals surface area contributed by atoms with Crippen molar-refractivity contribution in [2.45, 2.75) is 58.8 Å². The molecule has 5 rings (SSSR count). The first kappa shape index (κ1) is 18.8. The number of hydrogen-bond acceptors (Lipinski definition) is 2. The molecule has 0 aliphatic heterocycles. The largest absolute Gasteiger partial charge is 0.272 e. The maximum absolute atomic E-state index is 13.9. The molecule has 0 radical (unpaired) electrons. The second-order valence-electron chi connectivity index (χ2n) is 9.93. The number of fused-ring (bicyclic) bond motifs is 3. The summed E-state index contributed by atoms with van der Waals surface area (Å²) in [5, 5.41) is 5.09. The molecular weight excluding hydrogens is 356 g/mol. The monoisotopic (exact) mass is 388 g/mol. The van der Waals surface area contributed by atoms with Crippen molar-refractivity contribution in [1.82, 2.24) is 9.78 Å². The van der Waals surface area contributed by atoms with E-state index in [0.717, 1.165) is 17.7 Å². The van der Waals surface area contributed by atoms with Gasteiger partial charge in [-0.15, -0.1) is 0 Å². The summed E-state index contributed by atoms with van der Waals surface area (Å²) in [6.45, 7) is 9.13. The first-order chi connectivity index (χ1) is 14.0. The lowest BCUT2D eigenvalue weighted by molar-refractivity contribution is 0.0760. The lowest BCUT2D eigenvalue weighted by atomic mass is 9.75. The Kier molecular flexibility index (Phi) is 4.53. The average Bonchev–Trinajstić information content (AvgIpc) is 3.41. The summed E-state index contributed by atoms with van der Waals surface area (Å²) in [5.41, 5.74) is 4.68. The quantitative estimate of drug-likeness (QED) is 0.580. The summed E-state index contributed by atoms with van der Waals surface area (Å²) >= 11 is 0. The maximum Gasteiger partial charge on any atom is 0.251 e. The third-order valence-electron chi connectivity index (χ3n) is 7.90.